The van der Waals surface area contributed by atoms with E-state index in [2.05, 4.69) is 31.3 Å². The first-order valence-corrected chi connectivity index (χ1v) is 9.97. The van der Waals surface area contributed by atoms with Crippen LogP contribution in [0.5, 0.6) is 0 Å². The zero-order chi connectivity index (χ0) is 18.6. The third kappa shape index (κ3) is 3.50. The van der Waals surface area contributed by atoms with Crippen molar-refractivity contribution in [2.45, 2.75) is 51.0 Å². The average Bonchev–Trinajstić information content (AvgIpc) is 2.70. The van der Waals surface area contributed by atoms with Crippen LogP contribution in [0.4, 0.5) is 0 Å². The van der Waals surface area contributed by atoms with Crippen LogP contribution in [-0.4, -0.2) is 60.4 Å². The van der Waals surface area contributed by atoms with Crippen LogP contribution in [-0.2, 0) is 15.0 Å². The Morgan fingerprint density at radius 2 is 1.92 bits per heavy atom. The molecule has 2 heterocycles. The van der Waals surface area contributed by atoms with Gasteiger partial charge in [0, 0.05) is 32.2 Å². The molecule has 2 fully saturated rings. The Labute approximate surface area is 156 Å². The molecular formula is C21H31N3O2. The lowest BCUT2D eigenvalue weighted by Crippen LogP contribution is -2.59. The Morgan fingerprint density at radius 3 is 2.58 bits per heavy atom. The van der Waals surface area contributed by atoms with E-state index in [1.807, 2.05) is 28.0 Å². The molecule has 0 spiro atoms. The van der Waals surface area contributed by atoms with E-state index in [1.165, 1.54) is 0 Å². The van der Waals surface area contributed by atoms with Crippen molar-refractivity contribution >= 4 is 11.8 Å². The maximum Gasteiger partial charge on any atom is 0.236 e. The van der Waals surface area contributed by atoms with Gasteiger partial charge in [-0.3, -0.25) is 9.59 Å². The van der Waals surface area contributed by atoms with Gasteiger partial charge in [0.2, 0.25) is 11.8 Å². The third-order valence-electron chi connectivity index (χ3n) is 6.19. The molecular weight excluding hydrogens is 326 g/mol. The van der Waals surface area contributed by atoms with Crippen LogP contribution in [0.25, 0.3) is 0 Å². The summed E-state index contributed by atoms with van der Waals surface area (Å²) in [6.45, 7) is 7.68. The number of nitrogens with zero attached hydrogens (tertiary/aromatic N) is 2. The Balaban J connectivity index is 1.80. The maximum atomic E-state index is 13.6. The summed E-state index contributed by atoms with van der Waals surface area (Å²) in [4.78, 5) is 29.9. The van der Waals surface area contributed by atoms with Crippen molar-refractivity contribution in [2.24, 2.45) is 0 Å². The monoisotopic (exact) mass is 357 g/mol. The molecule has 0 saturated carbocycles. The maximum absolute atomic E-state index is 13.6. The highest BCUT2D eigenvalue weighted by Gasteiger charge is 2.42. The second-order valence-corrected chi connectivity index (χ2v) is 7.47. The standard InChI is InChI=1S/C21H31N3O2/c1-3-21(4-2,17-9-6-5-7-10-17)20(26)23-13-8-11-18(16-23)24-14-12-22-15-19(24)25/h5-7,9-10,18,22H,3-4,8,11-16H2,1-2H3. The van der Waals surface area contributed by atoms with Gasteiger partial charge in [-0.2, -0.15) is 0 Å². The fraction of sp³-hybridized carbons (Fsp3) is 0.619. The zero-order valence-electron chi connectivity index (χ0n) is 16.0. The van der Waals surface area contributed by atoms with Crippen molar-refractivity contribution in [1.82, 2.24) is 15.1 Å². The molecule has 5 nitrogen and oxygen atoms in total. The first-order chi connectivity index (χ1) is 12.6. The van der Waals surface area contributed by atoms with Crippen LogP contribution >= 0.6 is 0 Å². The van der Waals surface area contributed by atoms with Crippen LogP contribution in [0.15, 0.2) is 30.3 Å². The number of hydrogen-bond donors (Lipinski definition) is 1. The highest BCUT2D eigenvalue weighted by atomic mass is 16.2. The lowest BCUT2D eigenvalue weighted by Gasteiger charge is -2.44. The van der Waals surface area contributed by atoms with E-state index in [0.29, 0.717) is 13.1 Å². The van der Waals surface area contributed by atoms with Gasteiger partial charge in [-0.25, -0.2) is 0 Å². The van der Waals surface area contributed by atoms with Crippen LogP contribution in [0.3, 0.4) is 0 Å². The molecule has 1 unspecified atom stereocenters. The van der Waals surface area contributed by atoms with Crippen molar-refractivity contribution in [2.75, 3.05) is 32.7 Å². The highest BCUT2D eigenvalue weighted by molar-refractivity contribution is 5.88. The van der Waals surface area contributed by atoms with Crippen molar-refractivity contribution in [1.29, 1.82) is 0 Å². The molecule has 0 radical (unpaired) electrons. The summed E-state index contributed by atoms with van der Waals surface area (Å²) in [6, 6.07) is 10.3. The van der Waals surface area contributed by atoms with E-state index < -0.39 is 5.41 Å². The molecule has 5 heteroatoms. The normalized spacial score (nSPS) is 21.8. The summed E-state index contributed by atoms with van der Waals surface area (Å²) >= 11 is 0. The van der Waals surface area contributed by atoms with E-state index in [1.54, 1.807) is 0 Å². The number of hydrogen-bond acceptors (Lipinski definition) is 3. The van der Waals surface area contributed by atoms with Gasteiger partial charge < -0.3 is 15.1 Å². The number of benzene rings is 1. The molecule has 142 valence electrons. The topological polar surface area (TPSA) is 52.7 Å². The Morgan fingerprint density at radius 1 is 1.19 bits per heavy atom. The van der Waals surface area contributed by atoms with Gasteiger partial charge in [0.25, 0.3) is 0 Å². The second-order valence-electron chi connectivity index (χ2n) is 7.47. The fourth-order valence-corrected chi connectivity index (χ4v) is 4.54. The molecule has 26 heavy (non-hydrogen) atoms. The number of rotatable bonds is 5. The minimum Gasteiger partial charge on any atom is -0.340 e. The van der Waals surface area contributed by atoms with E-state index in [0.717, 1.165) is 50.9 Å². The number of carbonyl (C=O) groups excluding carboxylic acids is 2. The number of amides is 2. The van der Waals surface area contributed by atoms with E-state index in [4.69, 9.17) is 0 Å². The quantitative estimate of drug-likeness (QED) is 0.879. The number of piperidine rings is 1. The predicted octanol–water partition coefficient (Wildman–Crippen LogP) is 2.17. The number of nitrogens with one attached hydrogen (secondary N) is 1. The summed E-state index contributed by atoms with van der Waals surface area (Å²) in [7, 11) is 0. The van der Waals surface area contributed by atoms with Gasteiger partial charge in [-0.05, 0) is 31.2 Å². The number of piperazine rings is 1. The van der Waals surface area contributed by atoms with Gasteiger partial charge in [-0.15, -0.1) is 0 Å². The smallest absolute Gasteiger partial charge is 0.236 e. The molecule has 2 aliphatic heterocycles. The molecule has 1 aromatic rings. The lowest BCUT2D eigenvalue weighted by atomic mass is 9.74. The summed E-state index contributed by atoms with van der Waals surface area (Å²) in [5.41, 5.74) is 0.645. The van der Waals surface area contributed by atoms with Crippen LogP contribution in [0.1, 0.15) is 45.1 Å². The third-order valence-corrected chi connectivity index (χ3v) is 6.19. The lowest BCUT2D eigenvalue weighted by molar-refractivity contribution is -0.144. The number of carbonyl (C=O) groups is 2. The van der Waals surface area contributed by atoms with Gasteiger partial charge in [0.1, 0.15) is 0 Å². The molecule has 2 aliphatic rings. The molecule has 1 N–H and O–H groups in total. The summed E-state index contributed by atoms with van der Waals surface area (Å²) in [6.07, 6.45) is 3.54. The van der Waals surface area contributed by atoms with Crippen LogP contribution in [0.2, 0.25) is 0 Å². The van der Waals surface area contributed by atoms with E-state index in [-0.39, 0.29) is 17.9 Å². The van der Waals surface area contributed by atoms with Crippen molar-refractivity contribution in [3.8, 4) is 0 Å². The zero-order valence-corrected chi connectivity index (χ0v) is 16.0. The fourth-order valence-electron chi connectivity index (χ4n) is 4.54. The molecule has 0 bridgehead atoms. The Kier molecular flexibility index (Phi) is 5.97. The van der Waals surface area contributed by atoms with Gasteiger partial charge in [-0.1, -0.05) is 44.2 Å². The average molecular weight is 357 g/mol. The SMILES string of the molecule is CCC(CC)(C(=O)N1CCCC(N2CCNCC2=O)C1)c1ccccc1. The largest absolute Gasteiger partial charge is 0.340 e. The Bertz CT molecular complexity index is 627. The molecule has 2 amide bonds. The second kappa shape index (κ2) is 8.21. The van der Waals surface area contributed by atoms with Gasteiger partial charge in [0.05, 0.1) is 12.0 Å². The first-order valence-electron chi connectivity index (χ1n) is 9.97. The van der Waals surface area contributed by atoms with Crippen molar-refractivity contribution in [3.63, 3.8) is 0 Å². The molecule has 3 rings (SSSR count). The number of likely N-dealkylation sites (tertiary alicyclic amines) is 1. The van der Waals surface area contributed by atoms with Crippen molar-refractivity contribution in [3.05, 3.63) is 35.9 Å². The van der Waals surface area contributed by atoms with Crippen LogP contribution < -0.4 is 5.32 Å². The van der Waals surface area contributed by atoms with E-state index >= 15 is 0 Å². The highest BCUT2D eigenvalue weighted by Crippen LogP contribution is 2.35. The molecule has 0 aromatic heterocycles. The summed E-state index contributed by atoms with van der Waals surface area (Å²) in [5, 5.41) is 3.13. The Hall–Kier alpha value is -1.88. The van der Waals surface area contributed by atoms with Gasteiger partial charge >= 0.3 is 0 Å². The van der Waals surface area contributed by atoms with E-state index in [9.17, 15) is 9.59 Å². The first kappa shape index (κ1) is 18.9. The minimum absolute atomic E-state index is 0.157. The van der Waals surface area contributed by atoms with Gasteiger partial charge in [0.15, 0.2) is 0 Å². The molecule has 1 aromatic carbocycles. The summed E-state index contributed by atoms with van der Waals surface area (Å²) in [5.74, 6) is 0.386. The van der Waals surface area contributed by atoms with Crippen LogP contribution in [0, 0.1) is 0 Å². The minimum atomic E-state index is -0.462. The molecule has 1 atom stereocenters. The predicted molar refractivity (Wildman–Crippen MR) is 103 cm³/mol. The molecule has 0 aliphatic carbocycles. The summed E-state index contributed by atoms with van der Waals surface area (Å²) < 4.78 is 0. The molecule has 2 saturated heterocycles. The van der Waals surface area contributed by atoms with Crippen molar-refractivity contribution < 1.29 is 9.59 Å².